The Morgan fingerprint density at radius 3 is 1.94 bits per heavy atom. The van der Waals surface area contributed by atoms with Crippen LogP contribution in [0.25, 0.3) is 0 Å². The maximum Gasteiger partial charge on any atom is 0.00953 e. The smallest absolute Gasteiger partial charge is 0.00953 e. The molecule has 0 radical (unpaired) electrons. The van der Waals surface area contributed by atoms with Crippen LogP contribution in [0.5, 0.6) is 0 Å². The summed E-state index contributed by atoms with van der Waals surface area (Å²) in [6.45, 7) is 15.8. The van der Waals surface area contributed by atoms with Gasteiger partial charge in [-0.15, -0.1) is 0 Å². The van der Waals surface area contributed by atoms with Crippen molar-refractivity contribution in [3.8, 4) is 0 Å². The first-order chi connectivity index (χ1) is 8.63. The van der Waals surface area contributed by atoms with Crippen molar-refractivity contribution in [1.29, 1.82) is 0 Å². The van der Waals surface area contributed by atoms with Crippen molar-refractivity contribution in [2.75, 3.05) is 13.1 Å². The Morgan fingerprint density at radius 2 is 1.61 bits per heavy atom. The summed E-state index contributed by atoms with van der Waals surface area (Å²) in [5.74, 6) is 1.85. The molecule has 1 heterocycles. The second kappa shape index (κ2) is 10.8. The van der Waals surface area contributed by atoms with Crippen LogP contribution < -0.4 is 0 Å². The maximum atomic E-state index is 2.72. The highest BCUT2D eigenvalue weighted by molar-refractivity contribution is 4.83. The normalized spacial score (nSPS) is 24.5. The van der Waals surface area contributed by atoms with Crippen molar-refractivity contribution in [2.45, 2.75) is 86.1 Å². The molecule has 0 N–H and O–H groups in total. The van der Waals surface area contributed by atoms with E-state index in [1.807, 2.05) is 13.8 Å². The lowest BCUT2D eigenvalue weighted by Gasteiger charge is -2.41. The van der Waals surface area contributed by atoms with Crippen molar-refractivity contribution in [3.05, 3.63) is 0 Å². The summed E-state index contributed by atoms with van der Waals surface area (Å²) < 4.78 is 0. The third kappa shape index (κ3) is 7.41. The first kappa shape index (κ1) is 18.0. The van der Waals surface area contributed by atoms with E-state index in [-0.39, 0.29) is 0 Å². The standard InChI is InChI=1S/C10H19N.C5H12.C2H6/c1-9-4-3-7-11(8-9)10-5-2-6-10;1-4-5(2)3;1-2/h9-10H,2-8H2,1H3;5H,4H2,1-3H3;1-2H3. The van der Waals surface area contributed by atoms with E-state index in [0.717, 1.165) is 17.9 Å². The molecule has 0 aromatic heterocycles. The molecule has 1 saturated heterocycles. The number of likely N-dealkylation sites (tertiary alicyclic amines) is 1. The lowest BCUT2D eigenvalue weighted by Crippen LogP contribution is -2.45. The van der Waals surface area contributed by atoms with Crippen LogP contribution in [0.2, 0.25) is 0 Å². The Kier molecular flexibility index (Phi) is 10.8. The Bertz CT molecular complexity index is 172. The van der Waals surface area contributed by atoms with Crippen LogP contribution >= 0.6 is 0 Å². The second-order valence-electron chi connectivity index (χ2n) is 6.13. The van der Waals surface area contributed by atoms with Crippen molar-refractivity contribution in [1.82, 2.24) is 4.90 Å². The van der Waals surface area contributed by atoms with Crippen LogP contribution in [0.1, 0.15) is 80.1 Å². The van der Waals surface area contributed by atoms with Gasteiger partial charge in [0.1, 0.15) is 0 Å². The van der Waals surface area contributed by atoms with Crippen LogP contribution in [-0.2, 0) is 0 Å². The predicted octanol–water partition coefficient (Wildman–Crippen LogP) is 5.35. The van der Waals surface area contributed by atoms with E-state index in [1.54, 1.807) is 0 Å². The van der Waals surface area contributed by atoms with Crippen molar-refractivity contribution < 1.29 is 0 Å². The van der Waals surface area contributed by atoms with Crippen molar-refractivity contribution >= 4 is 0 Å². The molecule has 0 bridgehead atoms. The van der Waals surface area contributed by atoms with E-state index >= 15 is 0 Å². The van der Waals surface area contributed by atoms with Gasteiger partial charge in [-0.25, -0.2) is 0 Å². The summed E-state index contributed by atoms with van der Waals surface area (Å²) in [5, 5.41) is 0. The summed E-state index contributed by atoms with van der Waals surface area (Å²) in [6.07, 6.45) is 8.65. The summed E-state index contributed by atoms with van der Waals surface area (Å²) in [7, 11) is 0. The second-order valence-corrected chi connectivity index (χ2v) is 6.13. The highest BCUT2D eigenvalue weighted by Crippen LogP contribution is 2.28. The molecule has 2 rings (SSSR count). The van der Waals surface area contributed by atoms with Crippen LogP contribution in [0, 0.1) is 11.8 Å². The molecule has 0 spiro atoms. The van der Waals surface area contributed by atoms with Crippen molar-refractivity contribution in [3.63, 3.8) is 0 Å². The highest BCUT2D eigenvalue weighted by Gasteiger charge is 2.27. The molecule has 1 unspecified atom stereocenters. The molecule has 1 aliphatic carbocycles. The van der Waals surface area contributed by atoms with Crippen LogP contribution in [0.4, 0.5) is 0 Å². The lowest BCUT2D eigenvalue weighted by atomic mass is 9.88. The van der Waals surface area contributed by atoms with Crippen LogP contribution in [0.3, 0.4) is 0 Å². The zero-order valence-corrected chi connectivity index (χ0v) is 13.8. The summed E-state index contributed by atoms with van der Waals surface area (Å²) in [5.41, 5.74) is 0. The van der Waals surface area contributed by atoms with Gasteiger partial charge in [0.05, 0.1) is 0 Å². The zero-order valence-electron chi connectivity index (χ0n) is 13.8. The predicted molar refractivity (Wildman–Crippen MR) is 84.1 cm³/mol. The van der Waals surface area contributed by atoms with Gasteiger partial charge in [-0.05, 0) is 44.1 Å². The topological polar surface area (TPSA) is 3.24 Å². The molecule has 110 valence electrons. The Morgan fingerprint density at radius 1 is 1.06 bits per heavy atom. The number of hydrogen-bond donors (Lipinski definition) is 0. The van der Waals surface area contributed by atoms with E-state index < -0.39 is 0 Å². The number of piperidine rings is 1. The van der Waals surface area contributed by atoms with Gasteiger partial charge in [-0.3, -0.25) is 0 Å². The lowest BCUT2D eigenvalue weighted by molar-refractivity contribution is 0.0817. The average Bonchev–Trinajstić information content (AvgIpc) is 2.30. The Hall–Kier alpha value is -0.0400. The Balaban J connectivity index is 0.000000354. The molecule has 1 aliphatic heterocycles. The van der Waals surface area contributed by atoms with Gasteiger partial charge in [-0.1, -0.05) is 54.4 Å². The molecule has 0 aromatic carbocycles. The van der Waals surface area contributed by atoms with Gasteiger partial charge >= 0.3 is 0 Å². The number of hydrogen-bond acceptors (Lipinski definition) is 1. The molecule has 1 saturated carbocycles. The van der Waals surface area contributed by atoms with Gasteiger partial charge in [0.15, 0.2) is 0 Å². The van der Waals surface area contributed by atoms with Gasteiger partial charge in [0.25, 0.3) is 0 Å². The van der Waals surface area contributed by atoms with E-state index in [9.17, 15) is 0 Å². The first-order valence-electron chi connectivity index (χ1n) is 8.37. The molecular formula is C17H37N. The quantitative estimate of drug-likeness (QED) is 0.643. The van der Waals surface area contributed by atoms with Gasteiger partial charge in [-0.2, -0.15) is 0 Å². The average molecular weight is 255 g/mol. The minimum atomic E-state index is 0.884. The van der Waals surface area contributed by atoms with E-state index in [0.29, 0.717) is 0 Å². The van der Waals surface area contributed by atoms with E-state index in [2.05, 4.69) is 32.6 Å². The summed E-state index contributed by atoms with van der Waals surface area (Å²) in [6, 6.07) is 0.984. The van der Waals surface area contributed by atoms with E-state index in [4.69, 9.17) is 0 Å². The molecule has 0 aromatic rings. The first-order valence-corrected chi connectivity index (χ1v) is 8.37. The number of rotatable bonds is 2. The minimum Gasteiger partial charge on any atom is -0.300 e. The molecule has 2 fully saturated rings. The van der Waals surface area contributed by atoms with Gasteiger partial charge in [0, 0.05) is 12.6 Å². The van der Waals surface area contributed by atoms with Gasteiger partial charge in [0.2, 0.25) is 0 Å². The van der Waals surface area contributed by atoms with Crippen LogP contribution in [0.15, 0.2) is 0 Å². The highest BCUT2D eigenvalue weighted by atomic mass is 15.2. The molecule has 1 nitrogen and oxygen atoms in total. The molecule has 18 heavy (non-hydrogen) atoms. The summed E-state index contributed by atoms with van der Waals surface area (Å²) >= 11 is 0. The SMILES string of the molecule is CC.CC1CCCN(C2CCC2)C1.CCC(C)C. The maximum absolute atomic E-state index is 2.72. The molecule has 1 atom stereocenters. The van der Waals surface area contributed by atoms with Gasteiger partial charge < -0.3 is 4.90 Å². The van der Waals surface area contributed by atoms with Crippen molar-refractivity contribution in [2.24, 2.45) is 11.8 Å². The fraction of sp³-hybridized carbons (Fsp3) is 1.00. The fourth-order valence-electron chi connectivity index (χ4n) is 2.31. The monoisotopic (exact) mass is 255 g/mol. The molecular weight excluding hydrogens is 218 g/mol. The molecule has 2 aliphatic rings. The zero-order chi connectivity index (χ0) is 14.0. The van der Waals surface area contributed by atoms with Crippen LogP contribution in [-0.4, -0.2) is 24.0 Å². The third-order valence-corrected chi connectivity index (χ3v) is 4.10. The number of nitrogens with zero attached hydrogens (tertiary/aromatic N) is 1. The summed E-state index contributed by atoms with van der Waals surface area (Å²) in [4.78, 5) is 2.72. The van der Waals surface area contributed by atoms with E-state index in [1.165, 1.54) is 51.6 Å². The fourth-order valence-corrected chi connectivity index (χ4v) is 2.31. The third-order valence-electron chi connectivity index (χ3n) is 4.10. The minimum absolute atomic E-state index is 0.884. The molecule has 1 heteroatoms. The Labute approximate surface area is 116 Å². The largest absolute Gasteiger partial charge is 0.300 e. The molecule has 0 amide bonds.